The summed E-state index contributed by atoms with van der Waals surface area (Å²) in [6.45, 7) is 4.56. The van der Waals surface area contributed by atoms with Crippen LogP contribution >= 0.6 is 34.7 Å². The molecule has 40 heavy (non-hydrogen) atoms. The van der Waals surface area contributed by atoms with E-state index in [1.165, 1.54) is 22.2 Å². The van der Waals surface area contributed by atoms with Gasteiger partial charge in [0.1, 0.15) is 4.83 Å². The van der Waals surface area contributed by atoms with Crippen LogP contribution in [0.3, 0.4) is 0 Å². The van der Waals surface area contributed by atoms with Crippen molar-refractivity contribution >= 4 is 56.5 Å². The van der Waals surface area contributed by atoms with Gasteiger partial charge in [0, 0.05) is 24.5 Å². The first-order valence-electron chi connectivity index (χ1n) is 13.0. The molecule has 3 heterocycles. The number of thiophene rings is 1. The molecule has 0 atom stereocenters. The number of anilines is 1. The zero-order valence-electron chi connectivity index (χ0n) is 21.9. The number of aryl methyl sites for hydroxylation is 1. The zero-order chi connectivity index (χ0) is 27.6. The van der Waals surface area contributed by atoms with E-state index in [-0.39, 0.29) is 17.2 Å². The Kier molecular flexibility index (Phi) is 7.76. The van der Waals surface area contributed by atoms with Crippen LogP contribution < -0.4 is 10.9 Å². The fourth-order valence-corrected chi connectivity index (χ4v) is 7.25. The molecule has 6 nitrogen and oxygen atoms in total. The molecule has 2 aromatic heterocycles. The maximum absolute atomic E-state index is 14.1. The molecule has 6 rings (SSSR count). The second kappa shape index (κ2) is 11.6. The average molecular weight is 587 g/mol. The second-order valence-electron chi connectivity index (χ2n) is 9.82. The SMILES string of the molecule is Cc1ccc(-n2c(SCC(=O)Nc3ccccc3Cl)nc3sc4c(c3c2=O)CCN(Cc2ccccc2)C4)cc1. The van der Waals surface area contributed by atoms with Crippen molar-refractivity contribution < 1.29 is 4.79 Å². The normalized spacial score (nSPS) is 13.3. The lowest BCUT2D eigenvalue weighted by atomic mass is 10.0. The van der Waals surface area contributed by atoms with E-state index in [0.717, 1.165) is 47.7 Å². The lowest BCUT2D eigenvalue weighted by Gasteiger charge is -2.26. The third-order valence-electron chi connectivity index (χ3n) is 6.94. The fourth-order valence-electron chi connectivity index (χ4n) is 4.95. The minimum Gasteiger partial charge on any atom is -0.324 e. The monoisotopic (exact) mass is 586 g/mol. The summed E-state index contributed by atoms with van der Waals surface area (Å²) >= 11 is 9.05. The van der Waals surface area contributed by atoms with E-state index in [1.807, 2.05) is 49.4 Å². The highest BCUT2D eigenvalue weighted by atomic mass is 35.5. The van der Waals surface area contributed by atoms with Crippen molar-refractivity contribution in [1.29, 1.82) is 0 Å². The lowest BCUT2D eigenvalue weighted by Crippen LogP contribution is -2.30. The molecule has 5 aromatic rings. The number of para-hydroxylation sites is 1. The fraction of sp³-hybridized carbons (Fsp3) is 0.194. The summed E-state index contributed by atoms with van der Waals surface area (Å²) in [4.78, 5) is 36.2. The standard InChI is InChI=1S/C31H27ClN4O2S2/c1-20-11-13-22(14-12-20)36-30(38)28-23-15-16-35(17-21-7-3-2-4-8-21)18-26(23)40-29(28)34-31(36)39-19-27(37)33-25-10-6-5-9-24(25)32/h2-14H,15-19H2,1H3,(H,33,37). The van der Waals surface area contributed by atoms with Gasteiger partial charge in [-0.2, -0.15) is 0 Å². The van der Waals surface area contributed by atoms with E-state index >= 15 is 0 Å². The van der Waals surface area contributed by atoms with Gasteiger partial charge in [-0.25, -0.2) is 4.98 Å². The van der Waals surface area contributed by atoms with E-state index < -0.39 is 0 Å². The van der Waals surface area contributed by atoms with Crippen molar-refractivity contribution in [3.8, 4) is 5.69 Å². The number of hydrogen-bond donors (Lipinski definition) is 1. The molecule has 0 bridgehead atoms. The molecule has 0 spiro atoms. The Labute approximate surface area is 245 Å². The number of amides is 1. The number of hydrogen-bond acceptors (Lipinski definition) is 6. The predicted octanol–water partition coefficient (Wildman–Crippen LogP) is 6.70. The zero-order valence-corrected chi connectivity index (χ0v) is 24.3. The molecular weight excluding hydrogens is 560 g/mol. The minimum absolute atomic E-state index is 0.0862. The number of carbonyl (C=O) groups is 1. The predicted molar refractivity (Wildman–Crippen MR) is 165 cm³/mol. The Bertz CT molecular complexity index is 1750. The minimum atomic E-state index is -0.218. The molecule has 3 aromatic carbocycles. The number of carbonyl (C=O) groups excluding carboxylic acids is 1. The van der Waals surface area contributed by atoms with Gasteiger partial charge in [-0.1, -0.05) is 83.5 Å². The number of aromatic nitrogens is 2. The Morgan fingerprint density at radius 3 is 2.58 bits per heavy atom. The van der Waals surface area contributed by atoms with Crippen LogP contribution in [0.15, 0.2) is 88.8 Å². The van der Waals surface area contributed by atoms with Crippen LogP contribution in [0.5, 0.6) is 0 Å². The van der Waals surface area contributed by atoms with Crippen LogP contribution in [-0.4, -0.2) is 32.7 Å². The van der Waals surface area contributed by atoms with E-state index in [9.17, 15) is 9.59 Å². The van der Waals surface area contributed by atoms with Gasteiger partial charge in [-0.15, -0.1) is 11.3 Å². The van der Waals surface area contributed by atoms with Crippen LogP contribution in [0.2, 0.25) is 5.02 Å². The number of benzene rings is 3. The summed E-state index contributed by atoms with van der Waals surface area (Å²) in [6, 6.07) is 25.4. The van der Waals surface area contributed by atoms with Crippen molar-refractivity contribution in [2.45, 2.75) is 31.6 Å². The molecule has 1 N–H and O–H groups in total. The lowest BCUT2D eigenvalue weighted by molar-refractivity contribution is -0.113. The van der Waals surface area contributed by atoms with Gasteiger partial charge in [0.15, 0.2) is 5.16 Å². The van der Waals surface area contributed by atoms with Crippen molar-refractivity contribution in [1.82, 2.24) is 14.5 Å². The highest BCUT2D eigenvalue weighted by molar-refractivity contribution is 7.99. The molecule has 1 amide bonds. The van der Waals surface area contributed by atoms with Crippen molar-refractivity contribution in [3.05, 3.63) is 116 Å². The van der Waals surface area contributed by atoms with E-state index in [1.54, 1.807) is 28.0 Å². The molecule has 0 aliphatic carbocycles. The van der Waals surface area contributed by atoms with Crippen LogP contribution in [0.4, 0.5) is 5.69 Å². The maximum atomic E-state index is 14.1. The summed E-state index contributed by atoms with van der Waals surface area (Å²) in [5.41, 5.74) is 4.69. The molecule has 202 valence electrons. The summed E-state index contributed by atoms with van der Waals surface area (Å²) in [5, 5.41) is 4.52. The van der Waals surface area contributed by atoms with Crippen molar-refractivity contribution in [2.24, 2.45) is 0 Å². The molecule has 0 unspecified atom stereocenters. The Balaban J connectivity index is 1.33. The molecule has 0 fully saturated rings. The summed E-state index contributed by atoms with van der Waals surface area (Å²) in [5.74, 6) is -0.129. The smallest absolute Gasteiger partial charge is 0.267 e. The number of nitrogens with one attached hydrogen (secondary N) is 1. The van der Waals surface area contributed by atoms with Crippen molar-refractivity contribution in [2.75, 3.05) is 17.6 Å². The Hall–Kier alpha value is -3.43. The molecule has 0 saturated heterocycles. The summed E-state index contributed by atoms with van der Waals surface area (Å²) < 4.78 is 1.65. The largest absolute Gasteiger partial charge is 0.324 e. The third kappa shape index (κ3) is 5.58. The highest BCUT2D eigenvalue weighted by Gasteiger charge is 2.26. The number of fused-ring (bicyclic) bond motifs is 3. The first-order valence-corrected chi connectivity index (χ1v) is 15.2. The van der Waals surface area contributed by atoms with Gasteiger partial charge in [0.05, 0.1) is 27.5 Å². The third-order valence-corrected chi connectivity index (χ3v) is 9.32. The van der Waals surface area contributed by atoms with E-state index in [4.69, 9.17) is 16.6 Å². The summed E-state index contributed by atoms with van der Waals surface area (Å²) in [6.07, 6.45) is 0.805. The number of nitrogens with zero attached hydrogens (tertiary/aromatic N) is 3. The van der Waals surface area contributed by atoms with Gasteiger partial charge in [-0.05, 0) is 48.7 Å². The van der Waals surface area contributed by atoms with E-state index in [0.29, 0.717) is 21.3 Å². The quantitative estimate of drug-likeness (QED) is 0.170. The maximum Gasteiger partial charge on any atom is 0.267 e. The Morgan fingerprint density at radius 2 is 1.80 bits per heavy atom. The number of thioether (sulfide) groups is 1. The summed E-state index contributed by atoms with van der Waals surface area (Å²) in [7, 11) is 0. The highest BCUT2D eigenvalue weighted by Crippen LogP contribution is 2.35. The molecule has 0 radical (unpaired) electrons. The van der Waals surface area contributed by atoms with Crippen LogP contribution in [0, 0.1) is 6.92 Å². The van der Waals surface area contributed by atoms with Crippen LogP contribution in [0.25, 0.3) is 15.9 Å². The average Bonchev–Trinajstić information content (AvgIpc) is 3.32. The first-order chi connectivity index (χ1) is 19.5. The van der Waals surface area contributed by atoms with Crippen LogP contribution in [-0.2, 0) is 24.3 Å². The first kappa shape index (κ1) is 26.8. The molecular formula is C31H27ClN4O2S2. The molecule has 1 aliphatic heterocycles. The van der Waals surface area contributed by atoms with E-state index in [2.05, 4.69) is 34.5 Å². The van der Waals surface area contributed by atoms with Crippen LogP contribution in [0.1, 0.15) is 21.6 Å². The van der Waals surface area contributed by atoms with Gasteiger partial charge < -0.3 is 5.32 Å². The number of rotatable bonds is 7. The molecule has 9 heteroatoms. The number of halogens is 1. The second-order valence-corrected chi connectivity index (χ2v) is 12.3. The topological polar surface area (TPSA) is 67.2 Å². The van der Waals surface area contributed by atoms with Gasteiger partial charge in [-0.3, -0.25) is 19.1 Å². The van der Waals surface area contributed by atoms with Gasteiger partial charge in [0.2, 0.25) is 5.91 Å². The van der Waals surface area contributed by atoms with Gasteiger partial charge in [0.25, 0.3) is 5.56 Å². The Morgan fingerprint density at radius 1 is 1.05 bits per heavy atom. The van der Waals surface area contributed by atoms with Gasteiger partial charge >= 0.3 is 0 Å². The molecule has 1 aliphatic rings. The van der Waals surface area contributed by atoms with Crippen molar-refractivity contribution in [3.63, 3.8) is 0 Å². The molecule has 0 saturated carbocycles.